The van der Waals surface area contributed by atoms with Crippen LogP contribution in [-0.4, -0.2) is 47.3 Å². The average molecular weight is 418 g/mol. The van der Waals surface area contributed by atoms with Crippen molar-refractivity contribution in [2.24, 2.45) is 5.41 Å². The lowest BCUT2D eigenvalue weighted by atomic mass is 9.82. The van der Waals surface area contributed by atoms with Crippen LogP contribution in [0.3, 0.4) is 0 Å². The van der Waals surface area contributed by atoms with Crippen molar-refractivity contribution < 1.29 is 9.84 Å². The number of aliphatic hydroxyl groups excluding tert-OH is 1. The Kier molecular flexibility index (Phi) is 6.08. The van der Waals surface area contributed by atoms with E-state index in [1.54, 1.807) is 12.3 Å². The van der Waals surface area contributed by atoms with E-state index in [9.17, 15) is 15.2 Å². The van der Waals surface area contributed by atoms with Gasteiger partial charge >= 0.3 is 0 Å². The summed E-state index contributed by atoms with van der Waals surface area (Å²) in [5, 5.41) is 21.9. The predicted octanol–water partition coefficient (Wildman–Crippen LogP) is 3.56. The Morgan fingerprint density at radius 1 is 1.23 bits per heavy atom. The van der Waals surface area contributed by atoms with Crippen LogP contribution in [0.2, 0.25) is 0 Å². The minimum Gasteiger partial charge on any atom is -0.491 e. The van der Waals surface area contributed by atoms with Crippen molar-refractivity contribution in [1.82, 2.24) is 9.88 Å². The molecular formula is C25H27N3O3. The number of β-amino-alcohol motifs (C(OH)–C–C–N with tert-alkyl or cyclic N) is 1. The molecule has 160 valence electrons. The maximum atomic E-state index is 11.4. The normalized spacial score (nSPS) is 17.2. The predicted molar refractivity (Wildman–Crippen MR) is 121 cm³/mol. The SMILES string of the molecule is CC1(C#N)CCN(CC(O)COc2cc(-c3ccc(=O)[nH]c3)c3ccccc3c2)CC1. The quantitative estimate of drug-likeness (QED) is 0.640. The van der Waals surface area contributed by atoms with E-state index in [4.69, 9.17) is 4.74 Å². The van der Waals surface area contributed by atoms with Crippen LogP contribution in [0.4, 0.5) is 0 Å². The molecule has 3 aromatic rings. The molecule has 1 fully saturated rings. The van der Waals surface area contributed by atoms with E-state index in [1.165, 1.54) is 6.07 Å². The molecule has 6 heteroatoms. The summed E-state index contributed by atoms with van der Waals surface area (Å²) in [6, 6.07) is 17.6. The van der Waals surface area contributed by atoms with E-state index in [-0.39, 0.29) is 17.6 Å². The number of ether oxygens (including phenoxy) is 1. The summed E-state index contributed by atoms with van der Waals surface area (Å²) in [6.07, 6.45) is 2.73. The zero-order valence-electron chi connectivity index (χ0n) is 17.7. The van der Waals surface area contributed by atoms with Crippen molar-refractivity contribution in [1.29, 1.82) is 5.26 Å². The molecule has 0 spiro atoms. The summed E-state index contributed by atoms with van der Waals surface area (Å²) < 4.78 is 5.96. The highest BCUT2D eigenvalue weighted by Crippen LogP contribution is 2.33. The summed E-state index contributed by atoms with van der Waals surface area (Å²) in [4.78, 5) is 16.4. The molecule has 0 amide bonds. The monoisotopic (exact) mass is 417 g/mol. The Morgan fingerprint density at radius 2 is 2.00 bits per heavy atom. The molecule has 0 saturated carbocycles. The number of aromatic nitrogens is 1. The average Bonchev–Trinajstić information content (AvgIpc) is 2.79. The maximum absolute atomic E-state index is 11.4. The number of nitriles is 1. The third kappa shape index (κ3) is 4.96. The van der Waals surface area contributed by atoms with Gasteiger partial charge in [0.2, 0.25) is 5.56 Å². The number of benzene rings is 2. The molecule has 1 saturated heterocycles. The van der Waals surface area contributed by atoms with Gasteiger partial charge in [-0.3, -0.25) is 4.79 Å². The van der Waals surface area contributed by atoms with Gasteiger partial charge in [0.1, 0.15) is 18.5 Å². The summed E-state index contributed by atoms with van der Waals surface area (Å²) >= 11 is 0. The van der Waals surface area contributed by atoms with Gasteiger partial charge < -0.3 is 19.7 Å². The maximum Gasteiger partial charge on any atom is 0.247 e. The minimum absolute atomic E-state index is 0.142. The standard InChI is InChI=1S/C25H27N3O3/c1-25(17-26)8-10-28(11-9-25)15-20(29)16-31-21-12-18-4-2-3-5-22(18)23(13-21)19-6-7-24(30)27-14-19/h2-7,12-14,20,29H,8-11,15-16H2,1H3,(H,27,30). The summed E-state index contributed by atoms with van der Waals surface area (Å²) in [5.41, 5.74) is 1.47. The second kappa shape index (κ2) is 8.93. The molecule has 2 heterocycles. The molecule has 31 heavy (non-hydrogen) atoms. The van der Waals surface area contributed by atoms with Gasteiger partial charge in [-0.2, -0.15) is 5.26 Å². The number of hydrogen-bond donors (Lipinski definition) is 2. The third-order valence-electron chi connectivity index (χ3n) is 6.07. The van der Waals surface area contributed by atoms with E-state index in [0.717, 1.165) is 47.8 Å². The number of likely N-dealkylation sites (tertiary alicyclic amines) is 1. The van der Waals surface area contributed by atoms with Gasteiger partial charge in [0, 0.05) is 18.8 Å². The van der Waals surface area contributed by atoms with Crippen LogP contribution >= 0.6 is 0 Å². The second-order valence-electron chi connectivity index (χ2n) is 8.57. The fraction of sp³-hybridized carbons (Fsp3) is 0.360. The van der Waals surface area contributed by atoms with Crippen molar-refractivity contribution >= 4 is 10.8 Å². The van der Waals surface area contributed by atoms with Crippen molar-refractivity contribution in [2.75, 3.05) is 26.2 Å². The molecule has 1 aromatic heterocycles. The largest absolute Gasteiger partial charge is 0.491 e. The van der Waals surface area contributed by atoms with Crippen LogP contribution in [0.5, 0.6) is 5.75 Å². The lowest BCUT2D eigenvalue weighted by Gasteiger charge is -2.35. The zero-order valence-corrected chi connectivity index (χ0v) is 17.7. The first kappa shape index (κ1) is 21.1. The first-order valence-corrected chi connectivity index (χ1v) is 10.6. The molecule has 0 radical (unpaired) electrons. The van der Waals surface area contributed by atoms with Gasteiger partial charge in [-0.1, -0.05) is 24.3 Å². The Morgan fingerprint density at radius 3 is 2.71 bits per heavy atom. The highest BCUT2D eigenvalue weighted by atomic mass is 16.5. The number of hydrogen-bond acceptors (Lipinski definition) is 5. The highest BCUT2D eigenvalue weighted by Gasteiger charge is 2.30. The van der Waals surface area contributed by atoms with Crippen molar-refractivity contribution in [3.05, 3.63) is 65.1 Å². The number of nitrogens with one attached hydrogen (secondary N) is 1. The molecular weight excluding hydrogens is 390 g/mol. The van der Waals surface area contributed by atoms with Crippen molar-refractivity contribution in [3.63, 3.8) is 0 Å². The van der Waals surface area contributed by atoms with Crippen LogP contribution in [0.25, 0.3) is 21.9 Å². The number of nitrogens with zero attached hydrogens (tertiary/aromatic N) is 2. The number of aromatic amines is 1. The number of aliphatic hydroxyl groups is 1. The van der Waals surface area contributed by atoms with E-state index in [1.807, 2.05) is 43.3 Å². The number of pyridine rings is 1. The second-order valence-corrected chi connectivity index (χ2v) is 8.57. The molecule has 1 aliphatic rings. The van der Waals surface area contributed by atoms with Gasteiger partial charge in [-0.25, -0.2) is 0 Å². The lowest BCUT2D eigenvalue weighted by Crippen LogP contribution is -2.43. The molecule has 6 nitrogen and oxygen atoms in total. The molecule has 1 aliphatic heterocycles. The number of rotatable bonds is 6. The fourth-order valence-electron chi connectivity index (χ4n) is 4.07. The van der Waals surface area contributed by atoms with E-state index >= 15 is 0 Å². The molecule has 1 unspecified atom stereocenters. The molecule has 2 aromatic carbocycles. The van der Waals surface area contributed by atoms with Crippen LogP contribution in [0.1, 0.15) is 19.8 Å². The van der Waals surface area contributed by atoms with Crippen LogP contribution in [0, 0.1) is 16.7 Å². The molecule has 1 atom stereocenters. The summed E-state index contributed by atoms with van der Waals surface area (Å²) in [6.45, 7) is 4.35. The number of piperidine rings is 1. The number of H-pyrrole nitrogens is 1. The fourth-order valence-corrected chi connectivity index (χ4v) is 4.07. The van der Waals surface area contributed by atoms with Crippen LogP contribution in [-0.2, 0) is 0 Å². The lowest BCUT2D eigenvalue weighted by molar-refractivity contribution is 0.0497. The van der Waals surface area contributed by atoms with E-state index in [2.05, 4.69) is 16.0 Å². The van der Waals surface area contributed by atoms with Crippen LogP contribution < -0.4 is 10.3 Å². The van der Waals surface area contributed by atoms with Crippen LogP contribution in [0.15, 0.2) is 59.5 Å². The Hall–Kier alpha value is -3.14. The minimum atomic E-state index is -0.616. The smallest absolute Gasteiger partial charge is 0.247 e. The van der Waals surface area contributed by atoms with Gasteiger partial charge in [-0.05, 0) is 73.0 Å². The van der Waals surface area contributed by atoms with E-state index < -0.39 is 6.10 Å². The van der Waals surface area contributed by atoms with Gasteiger partial charge in [0.25, 0.3) is 0 Å². The van der Waals surface area contributed by atoms with Gasteiger partial charge in [0.05, 0.1) is 11.5 Å². The Labute approximate surface area is 181 Å². The number of fused-ring (bicyclic) bond motifs is 1. The molecule has 2 N–H and O–H groups in total. The first-order chi connectivity index (χ1) is 15.0. The Bertz CT molecular complexity index is 1140. The topological polar surface area (TPSA) is 89.3 Å². The van der Waals surface area contributed by atoms with Crippen molar-refractivity contribution in [3.8, 4) is 22.9 Å². The molecule has 0 bridgehead atoms. The molecule has 0 aliphatic carbocycles. The summed E-state index contributed by atoms with van der Waals surface area (Å²) in [5.74, 6) is 0.676. The Balaban J connectivity index is 1.46. The molecule has 4 rings (SSSR count). The zero-order chi connectivity index (χ0) is 21.8. The highest BCUT2D eigenvalue weighted by molar-refractivity contribution is 5.97. The third-order valence-corrected chi connectivity index (χ3v) is 6.07. The van der Waals surface area contributed by atoms with E-state index in [0.29, 0.717) is 12.3 Å². The first-order valence-electron chi connectivity index (χ1n) is 10.6. The van der Waals surface area contributed by atoms with Crippen molar-refractivity contribution in [2.45, 2.75) is 25.9 Å². The summed E-state index contributed by atoms with van der Waals surface area (Å²) in [7, 11) is 0. The van der Waals surface area contributed by atoms with Gasteiger partial charge in [-0.15, -0.1) is 0 Å². The van der Waals surface area contributed by atoms with Gasteiger partial charge in [0.15, 0.2) is 0 Å².